The van der Waals surface area contributed by atoms with Gasteiger partial charge in [-0.2, -0.15) is 18.3 Å². The van der Waals surface area contributed by atoms with Gasteiger partial charge in [0.15, 0.2) is 11.6 Å². The van der Waals surface area contributed by atoms with Gasteiger partial charge in [-0.1, -0.05) is 41.4 Å². The molecule has 0 saturated carbocycles. The second kappa shape index (κ2) is 9.03. The summed E-state index contributed by atoms with van der Waals surface area (Å²) in [4.78, 5) is 4.41. The third-order valence-electron chi connectivity index (χ3n) is 4.84. The molecule has 3 aromatic carbocycles. The average Bonchev–Trinajstić information content (AvgIpc) is 3.13. The molecule has 0 unspecified atom stereocenters. The maximum absolute atomic E-state index is 14.2. The highest BCUT2D eigenvalue weighted by Gasteiger charge is 2.30. The van der Waals surface area contributed by atoms with E-state index in [4.69, 9.17) is 27.9 Å². The second-order valence-corrected chi connectivity index (χ2v) is 7.91. The summed E-state index contributed by atoms with van der Waals surface area (Å²) < 4.78 is 59.3. The molecule has 4 nitrogen and oxygen atoms in total. The largest absolute Gasteiger partial charge is 0.489 e. The van der Waals surface area contributed by atoms with Gasteiger partial charge < -0.3 is 4.74 Å². The van der Waals surface area contributed by atoms with Crippen LogP contribution < -0.4 is 4.74 Å². The number of hydrogen-bond acceptors (Lipinski definition) is 3. The van der Waals surface area contributed by atoms with Crippen LogP contribution >= 0.6 is 23.2 Å². The third kappa shape index (κ3) is 4.96. The lowest BCUT2D eigenvalue weighted by molar-refractivity contribution is -0.137. The zero-order valence-corrected chi connectivity index (χ0v) is 18.5. The van der Waals surface area contributed by atoms with Crippen molar-refractivity contribution in [2.24, 2.45) is 7.05 Å². The van der Waals surface area contributed by atoms with Crippen LogP contribution in [0.3, 0.4) is 0 Å². The fourth-order valence-corrected chi connectivity index (χ4v) is 3.64. The van der Waals surface area contributed by atoms with Crippen molar-refractivity contribution in [2.75, 3.05) is 0 Å². The van der Waals surface area contributed by atoms with Gasteiger partial charge >= 0.3 is 6.18 Å². The van der Waals surface area contributed by atoms with E-state index in [2.05, 4.69) is 10.1 Å². The van der Waals surface area contributed by atoms with Crippen LogP contribution in [0.5, 0.6) is 5.75 Å². The van der Waals surface area contributed by atoms with E-state index in [9.17, 15) is 17.6 Å². The second-order valence-electron chi connectivity index (χ2n) is 7.10. The lowest BCUT2D eigenvalue weighted by Crippen LogP contribution is -2.04. The van der Waals surface area contributed by atoms with Gasteiger partial charge in [0.1, 0.15) is 18.2 Å². The Morgan fingerprint density at radius 3 is 2.33 bits per heavy atom. The van der Waals surface area contributed by atoms with Gasteiger partial charge in [-0.25, -0.2) is 14.1 Å². The molecule has 0 spiro atoms. The van der Waals surface area contributed by atoms with Crippen LogP contribution in [0.4, 0.5) is 17.6 Å². The standard InChI is InChI=1S/C23H15Cl2F4N3O/c1-32-22(30-21(31-32)20-17(24)3-2-4-19(20)26)13-5-6-14(18(25)11-13)12-33-16-9-7-15(8-10-16)23(27,28)29/h2-11H,12H2,1H3. The van der Waals surface area contributed by atoms with E-state index in [0.29, 0.717) is 22.0 Å². The zero-order valence-electron chi connectivity index (χ0n) is 17.0. The number of alkyl halides is 3. The van der Waals surface area contributed by atoms with Gasteiger partial charge in [0.05, 0.1) is 16.1 Å². The maximum Gasteiger partial charge on any atom is 0.416 e. The maximum atomic E-state index is 14.2. The fourth-order valence-electron chi connectivity index (χ4n) is 3.16. The minimum Gasteiger partial charge on any atom is -0.489 e. The first-order valence-electron chi connectivity index (χ1n) is 9.58. The molecule has 1 heterocycles. The highest BCUT2D eigenvalue weighted by atomic mass is 35.5. The zero-order chi connectivity index (χ0) is 23.8. The molecule has 1 aromatic heterocycles. The number of aromatic nitrogens is 3. The van der Waals surface area contributed by atoms with Gasteiger partial charge in [0, 0.05) is 23.2 Å². The van der Waals surface area contributed by atoms with E-state index >= 15 is 0 Å². The number of aryl methyl sites for hydroxylation is 1. The Morgan fingerprint density at radius 1 is 0.970 bits per heavy atom. The van der Waals surface area contributed by atoms with Crippen LogP contribution in [0.2, 0.25) is 10.0 Å². The van der Waals surface area contributed by atoms with Gasteiger partial charge in [-0.05, 0) is 42.5 Å². The van der Waals surface area contributed by atoms with Crippen LogP contribution in [0.1, 0.15) is 11.1 Å². The molecule has 0 fully saturated rings. The van der Waals surface area contributed by atoms with Crippen molar-refractivity contribution >= 4 is 23.2 Å². The molecule has 4 aromatic rings. The minimum atomic E-state index is -4.41. The van der Waals surface area contributed by atoms with Crippen molar-refractivity contribution in [1.82, 2.24) is 14.8 Å². The Bertz CT molecular complexity index is 1280. The Morgan fingerprint density at radius 2 is 1.70 bits per heavy atom. The molecule has 170 valence electrons. The highest BCUT2D eigenvalue weighted by molar-refractivity contribution is 6.33. The summed E-state index contributed by atoms with van der Waals surface area (Å²) in [6.07, 6.45) is -4.41. The van der Waals surface area contributed by atoms with Crippen molar-refractivity contribution in [3.05, 3.63) is 87.7 Å². The molecule has 0 atom stereocenters. The van der Waals surface area contributed by atoms with Crippen molar-refractivity contribution in [3.8, 4) is 28.5 Å². The van der Waals surface area contributed by atoms with E-state index in [-0.39, 0.29) is 28.8 Å². The van der Waals surface area contributed by atoms with Gasteiger partial charge in [-0.15, -0.1) is 0 Å². The number of ether oxygens (including phenoxy) is 1. The van der Waals surface area contributed by atoms with Crippen molar-refractivity contribution in [2.45, 2.75) is 12.8 Å². The van der Waals surface area contributed by atoms with E-state index in [1.165, 1.54) is 28.9 Å². The first-order chi connectivity index (χ1) is 15.6. The Labute approximate surface area is 196 Å². The van der Waals surface area contributed by atoms with E-state index in [1.807, 2.05) is 0 Å². The molecule has 10 heteroatoms. The number of hydrogen-bond donors (Lipinski definition) is 0. The predicted molar refractivity (Wildman–Crippen MR) is 118 cm³/mol. The Hall–Kier alpha value is -3.10. The quantitative estimate of drug-likeness (QED) is 0.275. The molecule has 0 aliphatic heterocycles. The molecule has 0 N–H and O–H groups in total. The summed E-state index contributed by atoms with van der Waals surface area (Å²) in [5.41, 5.74) is 0.609. The third-order valence-corrected chi connectivity index (χ3v) is 5.50. The van der Waals surface area contributed by atoms with Gasteiger partial charge in [-0.3, -0.25) is 0 Å². The van der Waals surface area contributed by atoms with Gasteiger partial charge in [0.25, 0.3) is 0 Å². The minimum absolute atomic E-state index is 0.0549. The first kappa shape index (κ1) is 23.1. The average molecular weight is 496 g/mol. The van der Waals surface area contributed by atoms with Crippen molar-refractivity contribution < 1.29 is 22.3 Å². The van der Waals surface area contributed by atoms with Crippen LogP contribution in [-0.4, -0.2) is 14.8 Å². The topological polar surface area (TPSA) is 39.9 Å². The monoisotopic (exact) mass is 495 g/mol. The molecule has 0 aliphatic carbocycles. The van der Waals surface area contributed by atoms with E-state index < -0.39 is 17.6 Å². The number of benzene rings is 3. The van der Waals surface area contributed by atoms with Crippen molar-refractivity contribution in [1.29, 1.82) is 0 Å². The molecule has 0 amide bonds. The highest BCUT2D eigenvalue weighted by Crippen LogP contribution is 2.32. The lowest BCUT2D eigenvalue weighted by atomic mass is 10.1. The molecule has 0 saturated heterocycles. The lowest BCUT2D eigenvalue weighted by Gasteiger charge is -2.11. The summed E-state index contributed by atoms with van der Waals surface area (Å²) in [6.45, 7) is 0.0549. The molecule has 4 rings (SSSR count). The summed E-state index contributed by atoms with van der Waals surface area (Å²) in [5, 5.41) is 4.83. The number of rotatable bonds is 5. The van der Waals surface area contributed by atoms with E-state index in [1.54, 1.807) is 31.3 Å². The van der Waals surface area contributed by atoms with Crippen LogP contribution in [0, 0.1) is 5.82 Å². The molecular weight excluding hydrogens is 481 g/mol. The SMILES string of the molecule is Cn1nc(-c2c(F)cccc2Cl)nc1-c1ccc(COc2ccc(C(F)(F)F)cc2)c(Cl)c1. The Kier molecular flexibility index (Phi) is 6.32. The molecule has 0 bridgehead atoms. The summed E-state index contributed by atoms with van der Waals surface area (Å²) in [7, 11) is 1.66. The first-order valence-corrected chi connectivity index (χ1v) is 10.3. The van der Waals surface area contributed by atoms with Gasteiger partial charge in [0.2, 0.25) is 0 Å². The fraction of sp³-hybridized carbons (Fsp3) is 0.130. The molecule has 33 heavy (non-hydrogen) atoms. The Balaban J connectivity index is 1.53. The normalized spacial score (nSPS) is 11.6. The number of halogens is 6. The predicted octanol–water partition coefficient (Wildman–Crippen LogP) is 7.19. The summed E-state index contributed by atoms with van der Waals surface area (Å²) in [5.74, 6) is 0.333. The van der Waals surface area contributed by atoms with Crippen LogP contribution in [0.25, 0.3) is 22.8 Å². The molecular formula is C23H15Cl2F4N3O. The van der Waals surface area contributed by atoms with Crippen LogP contribution in [0.15, 0.2) is 60.7 Å². The molecule has 0 radical (unpaired) electrons. The summed E-state index contributed by atoms with van der Waals surface area (Å²) >= 11 is 12.5. The molecule has 0 aliphatic rings. The van der Waals surface area contributed by atoms with Crippen molar-refractivity contribution in [3.63, 3.8) is 0 Å². The number of nitrogens with zero attached hydrogens (tertiary/aromatic N) is 3. The smallest absolute Gasteiger partial charge is 0.416 e. The van der Waals surface area contributed by atoms with E-state index in [0.717, 1.165) is 12.1 Å². The van der Waals surface area contributed by atoms with Crippen LogP contribution in [-0.2, 0) is 19.8 Å². The summed E-state index contributed by atoms with van der Waals surface area (Å²) in [6, 6.07) is 13.8.